The SMILES string of the molecule is CN1C[C@H](F)[C@H](Nc2cccc3c(CC(F)(F)F)c(/C=N/OCC(C)(C)O)sc23)C1. The van der Waals surface area contributed by atoms with E-state index < -0.39 is 30.4 Å². The van der Waals surface area contributed by atoms with E-state index in [1.54, 1.807) is 18.2 Å². The highest BCUT2D eigenvalue weighted by Crippen LogP contribution is 2.39. The minimum atomic E-state index is -4.40. The molecule has 2 heterocycles. The van der Waals surface area contributed by atoms with E-state index in [1.807, 2.05) is 11.9 Å². The normalized spacial score (nSPS) is 21.1. The molecule has 0 aliphatic carbocycles. The van der Waals surface area contributed by atoms with E-state index in [4.69, 9.17) is 4.84 Å². The van der Waals surface area contributed by atoms with Crippen LogP contribution in [-0.2, 0) is 11.3 Å². The van der Waals surface area contributed by atoms with Gasteiger partial charge in [0, 0.05) is 13.1 Å². The molecule has 5 nitrogen and oxygen atoms in total. The number of oxime groups is 1. The number of alkyl halides is 4. The molecular weight excluding hydrogens is 422 g/mol. The molecule has 1 aromatic heterocycles. The van der Waals surface area contributed by atoms with E-state index in [2.05, 4.69) is 10.5 Å². The van der Waals surface area contributed by atoms with Crippen LogP contribution in [0, 0.1) is 0 Å². The summed E-state index contributed by atoms with van der Waals surface area (Å²) in [5, 5.41) is 17.0. The van der Waals surface area contributed by atoms with Crippen molar-refractivity contribution >= 4 is 33.3 Å². The van der Waals surface area contributed by atoms with Crippen molar-refractivity contribution in [3.05, 3.63) is 28.6 Å². The number of aliphatic hydroxyl groups is 1. The Bertz CT molecular complexity index is 908. The second-order valence-corrected chi connectivity index (χ2v) is 9.28. The summed E-state index contributed by atoms with van der Waals surface area (Å²) in [4.78, 5) is 7.20. The summed E-state index contributed by atoms with van der Waals surface area (Å²) in [6, 6.07) is 4.60. The van der Waals surface area contributed by atoms with Gasteiger partial charge in [-0.3, -0.25) is 0 Å². The number of hydrogen-bond acceptors (Lipinski definition) is 6. The number of anilines is 1. The second kappa shape index (κ2) is 8.68. The molecule has 1 saturated heterocycles. The number of nitrogens with one attached hydrogen (secondary N) is 1. The van der Waals surface area contributed by atoms with Crippen LogP contribution in [0.1, 0.15) is 24.3 Å². The fourth-order valence-electron chi connectivity index (χ4n) is 3.36. The van der Waals surface area contributed by atoms with Gasteiger partial charge in [-0.05, 0) is 37.9 Å². The molecule has 0 saturated carbocycles. The van der Waals surface area contributed by atoms with Crippen LogP contribution in [-0.4, -0.2) is 67.0 Å². The highest BCUT2D eigenvalue weighted by atomic mass is 32.1. The topological polar surface area (TPSA) is 57.1 Å². The third kappa shape index (κ3) is 5.83. The van der Waals surface area contributed by atoms with Gasteiger partial charge in [-0.25, -0.2) is 4.39 Å². The summed E-state index contributed by atoms with van der Waals surface area (Å²) in [6.45, 7) is 3.80. The van der Waals surface area contributed by atoms with E-state index >= 15 is 0 Å². The van der Waals surface area contributed by atoms with Crippen molar-refractivity contribution in [2.24, 2.45) is 5.16 Å². The number of fused-ring (bicyclic) bond motifs is 1. The van der Waals surface area contributed by atoms with Crippen molar-refractivity contribution in [1.82, 2.24) is 4.90 Å². The zero-order chi connectivity index (χ0) is 22.1. The first-order valence-corrected chi connectivity index (χ1v) is 10.3. The lowest BCUT2D eigenvalue weighted by atomic mass is 10.1. The Labute approximate surface area is 176 Å². The van der Waals surface area contributed by atoms with Crippen LogP contribution in [0.4, 0.5) is 23.2 Å². The van der Waals surface area contributed by atoms with Crippen LogP contribution in [0.25, 0.3) is 10.1 Å². The van der Waals surface area contributed by atoms with Crippen molar-refractivity contribution in [2.45, 2.75) is 44.3 Å². The molecule has 1 aliphatic heterocycles. The molecule has 0 spiro atoms. The number of hydrogen-bond donors (Lipinski definition) is 2. The van der Waals surface area contributed by atoms with Gasteiger partial charge in [0.1, 0.15) is 12.8 Å². The third-order valence-electron chi connectivity index (χ3n) is 4.66. The molecular formula is C20H25F4N3O2S. The molecule has 1 aliphatic rings. The fraction of sp³-hybridized carbons (Fsp3) is 0.550. The van der Waals surface area contributed by atoms with Crippen LogP contribution < -0.4 is 5.32 Å². The van der Waals surface area contributed by atoms with Crippen LogP contribution in [0.15, 0.2) is 23.4 Å². The van der Waals surface area contributed by atoms with E-state index in [9.17, 15) is 22.7 Å². The molecule has 0 radical (unpaired) electrons. The highest BCUT2D eigenvalue weighted by Gasteiger charge is 2.33. The lowest BCUT2D eigenvalue weighted by Gasteiger charge is -2.16. The Balaban J connectivity index is 1.94. The maximum atomic E-state index is 14.2. The Kier molecular flexibility index (Phi) is 6.59. The smallest absolute Gasteiger partial charge is 0.393 e. The molecule has 1 aromatic carbocycles. The van der Waals surface area contributed by atoms with Crippen molar-refractivity contribution in [3.8, 4) is 0 Å². The molecule has 10 heteroatoms. The summed E-state index contributed by atoms with van der Waals surface area (Å²) in [6.07, 6.45) is -5.33. The quantitative estimate of drug-likeness (QED) is 0.380. The largest absolute Gasteiger partial charge is 0.393 e. The summed E-state index contributed by atoms with van der Waals surface area (Å²) in [7, 11) is 1.82. The number of likely N-dealkylation sites (tertiary alicyclic amines) is 1. The maximum absolute atomic E-state index is 14.2. The molecule has 1 fully saturated rings. The molecule has 30 heavy (non-hydrogen) atoms. The van der Waals surface area contributed by atoms with Gasteiger partial charge in [0.2, 0.25) is 0 Å². The maximum Gasteiger partial charge on any atom is 0.393 e. The summed E-state index contributed by atoms with van der Waals surface area (Å²) < 4.78 is 54.5. The monoisotopic (exact) mass is 447 g/mol. The third-order valence-corrected chi connectivity index (χ3v) is 5.88. The van der Waals surface area contributed by atoms with E-state index in [1.165, 1.54) is 20.1 Å². The molecule has 0 amide bonds. The second-order valence-electron chi connectivity index (χ2n) is 8.23. The van der Waals surface area contributed by atoms with Gasteiger partial charge in [-0.15, -0.1) is 11.3 Å². The summed E-state index contributed by atoms with van der Waals surface area (Å²) in [5.74, 6) is 0. The van der Waals surface area contributed by atoms with Crippen molar-refractivity contribution < 1.29 is 27.5 Å². The van der Waals surface area contributed by atoms with Gasteiger partial charge < -0.3 is 20.2 Å². The van der Waals surface area contributed by atoms with Gasteiger partial charge in [-0.1, -0.05) is 17.3 Å². The molecule has 2 aromatic rings. The summed E-state index contributed by atoms with van der Waals surface area (Å²) >= 11 is 1.14. The predicted octanol–water partition coefficient (Wildman–Crippen LogP) is 4.19. The molecule has 2 atom stereocenters. The zero-order valence-electron chi connectivity index (χ0n) is 17.0. The lowest BCUT2D eigenvalue weighted by molar-refractivity contribution is -0.126. The Morgan fingerprint density at radius 1 is 1.33 bits per heavy atom. The predicted molar refractivity (Wildman–Crippen MR) is 111 cm³/mol. The van der Waals surface area contributed by atoms with Crippen LogP contribution in [0.3, 0.4) is 0 Å². The average molecular weight is 447 g/mol. The minimum Gasteiger partial charge on any atom is -0.393 e. The average Bonchev–Trinajstić information content (AvgIpc) is 3.10. The Hall–Kier alpha value is -1.91. The molecule has 2 N–H and O–H groups in total. The fourth-order valence-corrected chi connectivity index (χ4v) is 4.51. The van der Waals surface area contributed by atoms with Crippen LogP contribution >= 0.6 is 11.3 Å². The first-order chi connectivity index (χ1) is 13.9. The number of benzene rings is 1. The number of thiophene rings is 1. The van der Waals surface area contributed by atoms with Crippen molar-refractivity contribution in [2.75, 3.05) is 32.1 Å². The lowest BCUT2D eigenvalue weighted by Crippen LogP contribution is -2.29. The molecule has 0 unspecified atom stereocenters. The number of nitrogens with zero attached hydrogens (tertiary/aromatic N) is 2. The van der Waals surface area contributed by atoms with Crippen molar-refractivity contribution in [1.29, 1.82) is 0 Å². The van der Waals surface area contributed by atoms with Crippen LogP contribution in [0.5, 0.6) is 0 Å². The number of likely N-dealkylation sites (N-methyl/N-ethyl adjacent to an activating group) is 1. The van der Waals surface area contributed by atoms with E-state index in [0.717, 1.165) is 11.3 Å². The van der Waals surface area contributed by atoms with Crippen molar-refractivity contribution in [3.63, 3.8) is 0 Å². The van der Waals surface area contributed by atoms with Gasteiger partial charge in [0.25, 0.3) is 0 Å². The minimum absolute atomic E-state index is 0.0944. The Morgan fingerprint density at radius 2 is 2.07 bits per heavy atom. The first kappa shape index (κ1) is 22.8. The zero-order valence-corrected chi connectivity index (χ0v) is 17.8. The standard InChI is InChI=1S/C20H25F4N3O2S/c1-19(2,28)11-29-25-8-17-13(7-20(22,23)24)12-5-4-6-15(18(12)30-17)26-16-10-27(3)9-14(16)21/h4-6,8,14,16,26,28H,7,9-11H2,1-3H3/b25-8+/t14-,16+/m0/s1. The highest BCUT2D eigenvalue weighted by molar-refractivity contribution is 7.21. The summed E-state index contributed by atoms with van der Waals surface area (Å²) in [5.41, 5.74) is -0.413. The Morgan fingerprint density at radius 3 is 2.67 bits per heavy atom. The van der Waals surface area contributed by atoms with Gasteiger partial charge >= 0.3 is 6.18 Å². The van der Waals surface area contributed by atoms with Gasteiger partial charge in [0.05, 0.1) is 39.5 Å². The van der Waals surface area contributed by atoms with Crippen LogP contribution in [0.2, 0.25) is 0 Å². The van der Waals surface area contributed by atoms with E-state index in [-0.39, 0.29) is 12.2 Å². The first-order valence-electron chi connectivity index (χ1n) is 9.51. The van der Waals surface area contributed by atoms with E-state index in [0.29, 0.717) is 33.7 Å². The number of halogens is 4. The molecule has 166 valence electrons. The number of rotatable bonds is 7. The molecule has 3 rings (SSSR count). The molecule has 0 bridgehead atoms. The van der Waals surface area contributed by atoms with Gasteiger partial charge in [0.15, 0.2) is 0 Å². The van der Waals surface area contributed by atoms with Gasteiger partial charge in [-0.2, -0.15) is 13.2 Å².